The second-order valence-corrected chi connectivity index (χ2v) is 12.0. The zero-order chi connectivity index (χ0) is 22.0. The van der Waals surface area contributed by atoms with E-state index < -0.39 is 0 Å². The standard InChI is InChI=1S/C23H30N6OSe/c1-6-23(5)16(11-13(2)22(23,3)4)26-19-17-18(25-12-24-17)27-21(28-19)29-20(30)14-9-7-8-10-15(14)31-29/h7,9,12-13,16H,6,8,10-11H2,1-5H3,(H2,24,25,26,27,28)/t13?,16-,23+/m0/s1. The fraction of sp³-hybridized carbons (Fsp3) is 0.565. The van der Waals surface area contributed by atoms with Crippen LogP contribution in [-0.2, 0) is 6.42 Å². The van der Waals surface area contributed by atoms with Crippen molar-refractivity contribution in [3.05, 3.63) is 32.8 Å². The van der Waals surface area contributed by atoms with Gasteiger partial charge in [-0.3, -0.25) is 0 Å². The Morgan fingerprint density at radius 3 is 2.87 bits per heavy atom. The van der Waals surface area contributed by atoms with Crippen LogP contribution in [0.5, 0.6) is 0 Å². The molecule has 0 radical (unpaired) electrons. The van der Waals surface area contributed by atoms with Crippen molar-refractivity contribution in [3.8, 4) is 5.95 Å². The van der Waals surface area contributed by atoms with Crippen LogP contribution in [0.4, 0.5) is 5.82 Å². The van der Waals surface area contributed by atoms with Gasteiger partial charge in [0.15, 0.2) is 0 Å². The van der Waals surface area contributed by atoms with E-state index in [1.54, 1.807) is 9.89 Å². The molecule has 3 heterocycles. The number of aromatic nitrogens is 5. The van der Waals surface area contributed by atoms with Crippen LogP contribution >= 0.6 is 0 Å². The number of rotatable bonds is 4. The monoisotopic (exact) mass is 486 g/mol. The summed E-state index contributed by atoms with van der Waals surface area (Å²) in [5.41, 5.74) is 2.59. The first kappa shape index (κ1) is 20.7. The summed E-state index contributed by atoms with van der Waals surface area (Å²) in [6, 6.07) is 0.283. The Balaban J connectivity index is 1.60. The molecule has 2 aliphatic carbocycles. The van der Waals surface area contributed by atoms with Crippen molar-refractivity contribution >= 4 is 37.8 Å². The Morgan fingerprint density at radius 1 is 1.32 bits per heavy atom. The molecule has 164 valence electrons. The number of nitrogens with one attached hydrogen (secondary N) is 2. The van der Waals surface area contributed by atoms with E-state index in [-0.39, 0.29) is 37.2 Å². The Morgan fingerprint density at radius 2 is 2.13 bits per heavy atom. The third kappa shape index (κ3) is 2.99. The number of hydrogen-bond donors (Lipinski definition) is 2. The normalized spacial score (nSPS) is 27.0. The van der Waals surface area contributed by atoms with E-state index in [2.05, 4.69) is 61.0 Å². The van der Waals surface area contributed by atoms with E-state index in [4.69, 9.17) is 4.98 Å². The minimum absolute atomic E-state index is 0.0146. The Kier molecular flexibility index (Phi) is 4.79. The fourth-order valence-corrected chi connectivity index (χ4v) is 7.50. The quantitative estimate of drug-likeness (QED) is 0.549. The Hall–Kier alpha value is -2.18. The van der Waals surface area contributed by atoms with Crippen LogP contribution in [0.2, 0.25) is 0 Å². The third-order valence-corrected chi connectivity index (χ3v) is 10.7. The predicted molar refractivity (Wildman–Crippen MR) is 125 cm³/mol. The zero-order valence-electron chi connectivity index (χ0n) is 18.8. The summed E-state index contributed by atoms with van der Waals surface area (Å²) in [5, 5.41) is 3.76. The van der Waals surface area contributed by atoms with Crippen molar-refractivity contribution in [2.75, 3.05) is 5.32 Å². The van der Waals surface area contributed by atoms with Crippen LogP contribution in [0.25, 0.3) is 23.2 Å². The number of allylic oxidation sites excluding steroid dienone is 1. The molecule has 0 spiro atoms. The molecule has 3 aromatic rings. The molecule has 0 saturated heterocycles. The molecule has 0 aromatic carbocycles. The van der Waals surface area contributed by atoms with Crippen LogP contribution < -0.4 is 10.9 Å². The average molecular weight is 485 g/mol. The molecule has 5 rings (SSSR count). The molecule has 1 unspecified atom stereocenters. The van der Waals surface area contributed by atoms with Gasteiger partial charge in [0.1, 0.15) is 0 Å². The van der Waals surface area contributed by atoms with E-state index in [1.165, 1.54) is 4.44 Å². The van der Waals surface area contributed by atoms with Gasteiger partial charge in [-0.25, -0.2) is 0 Å². The number of anilines is 1. The number of hydrogen-bond acceptors (Lipinski definition) is 5. The third-order valence-electron chi connectivity index (χ3n) is 8.30. The molecule has 0 amide bonds. The van der Waals surface area contributed by atoms with Crippen LogP contribution in [0.15, 0.2) is 17.2 Å². The number of aromatic amines is 1. The number of aryl methyl sites for hydroxylation is 1. The first-order valence-electron chi connectivity index (χ1n) is 11.2. The first-order chi connectivity index (χ1) is 14.8. The van der Waals surface area contributed by atoms with Gasteiger partial charge in [0, 0.05) is 0 Å². The molecular weight excluding hydrogens is 455 g/mol. The van der Waals surface area contributed by atoms with Crippen molar-refractivity contribution in [1.82, 2.24) is 23.5 Å². The summed E-state index contributed by atoms with van der Waals surface area (Å²) >= 11 is -0.0970. The van der Waals surface area contributed by atoms with Gasteiger partial charge in [-0.2, -0.15) is 0 Å². The number of H-pyrrole nitrogens is 1. The van der Waals surface area contributed by atoms with Gasteiger partial charge in [-0.15, -0.1) is 0 Å². The summed E-state index contributed by atoms with van der Waals surface area (Å²) in [6.07, 6.45) is 9.81. The van der Waals surface area contributed by atoms with Crippen LogP contribution in [-0.4, -0.2) is 44.3 Å². The summed E-state index contributed by atoms with van der Waals surface area (Å²) in [5.74, 6) is 1.80. The van der Waals surface area contributed by atoms with Crippen molar-refractivity contribution in [1.29, 1.82) is 0 Å². The summed E-state index contributed by atoms with van der Waals surface area (Å²) < 4.78 is 3.00. The number of fused-ring (bicyclic) bond motifs is 2. The van der Waals surface area contributed by atoms with Crippen molar-refractivity contribution < 1.29 is 0 Å². The molecule has 2 aliphatic rings. The Bertz CT molecular complexity index is 1230. The molecule has 2 N–H and O–H groups in total. The number of imidazole rings is 1. The van der Waals surface area contributed by atoms with Crippen LogP contribution in [0, 0.1) is 16.7 Å². The maximum atomic E-state index is 13.1. The first-order valence-corrected chi connectivity index (χ1v) is 12.8. The second kappa shape index (κ2) is 7.17. The topological polar surface area (TPSA) is 88.5 Å². The molecule has 31 heavy (non-hydrogen) atoms. The maximum absolute atomic E-state index is 13.1. The van der Waals surface area contributed by atoms with Gasteiger partial charge in [0.05, 0.1) is 0 Å². The summed E-state index contributed by atoms with van der Waals surface area (Å²) in [4.78, 5) is 30.2. The SMILES string of the molecule is CC[C@]1(C)[C@@H](Nc2nc(-n3[se]c4c(c3=O)C=CCC4)nc3nc[nH]c23)CC(C)C1(C)C. The van der Waals surface area contributed by atoms with Gasteiger partial charge >= 0.3 is 188 Å². The molecular formula is C23H30N6OSe. The average Bonchev–Trinajstić information content (AvgIpc) is 3.40. The molecule has 1 saturated carbocycles. The van der Waals surface area contributed by atoms with E-state index in [1.807, 2.05) is 6.08 Å². The summed E-state index contributed by atoms with van der Waals surface area (Å²) in [7, 11) is 0. The molecule has 3 atom stereocenters. The van der Waals surface area contributed by atoms with Crippen LogP contribution in [0.1, 0.15) is 63.9 Å². The molecule has 0 bridgehead atoms. The van der Waals surface area contributed by atoms with Crippen molar-refractivity contribution in [3.63, 3.8) is 0 Å². The molecule has 0 aliphatic heterocycles. The predicted octanol–water partition coefficient (Wildman–Crippen LogP) is 3.78. The van der Waals surface area contributed by atoms with Gasteiger partial charge in [0.25, 0.3) is 0 Å². The second-order valence-electron chi connectivity index (χ2n) is 9.77. The van der Waals surface area contributed by atoms with Crippen molar-refractivity contribution in [2.24, 2.45) is 16.7 Å². The van der Waals surface area contributed by atoms with Crippen molar-refractivity contribution in [2.45, 2.75) is 66.3 Å². The van der Waals surface area contributed by atoms with E-state index in [0.717, 1.165) is 42.6 Å². The minimum atomic E-state index is -0.0970. The summed E-state index contributed by atoms with van der Waals surface area (Å²) in [6.45, 7) is 11.8. The molecule has 3 aromatic heterocycles. The van der Waals surface area contributed by atoms with Gasteiger partial charge in [0.2, 0.25) is 0 Å². The molecule has 1 fully saturated rings. The van der Waals surface area contributed by atoms with Gasteiger partial charge in [-0.05, 0) is 0 Å². The molecule has 8 heteroatoms. The van der Waals surface area contributed by atoms with Gasteiger partial charge < -0.3 is 0 Å². The Labute approximate surface area is 188 Å². The van der Waals surface area contributed by atoms with E-state index in [0.29, 0.717) is 17.5 Å². The van der Waals surface area contributed by atoms with E-state index in [9.17, 15) is 4.79 Å². The zero-order valence-corrected chi connectivity index (χ0v) is 20.5. The van der Waals surface area contributed by atoms with Gasteiger partial charge in [-0.1, -0.05) is 0 Å². The fourth-order valence-electron chi connectivity index (χ4n) is 5.34. The van der Waals surface area contributed by atoms with Crippen LogP contribution in [0.3, 0.4) is 0 Å². The van der Waals surface area contributed by atoms with E-state index >= 15 is 0 Å². The number of nitrogens with zero attached hydrogens (tertiary/aromatic N) is 4. The molecule has 7 nitrogen and oxygen atoms in total.